The van der Waals surface area contributed by atoms with Crippen molar-refractivity contribution in [1.29, 1.82) is 5.26 Å². The molecule has 0 spiro atoms. The molecule has 1 aliphatic heterocycles. The monoisotopic (exact) mass is 251 g/mol. The van der Waals surface area contributed by atoms with Gasteiger partial charge in [0.05, 0.1) is 23.2 Å². The first kappa shape index (κ1) is 10.8. The largest absolute Gasteiger partial charge is 0.264 e. The molecule has 90 valence electrons. The molecule has 0 unspecified atom stereocenters. The van der Waals surface area contributed by atoms with Gasteiger partial charge < -0.3 is 0 Å². The Labute approximate surface area is 100.0 Å². The van der Waals surface area contributed by atoms with Crippen LogP contribution < -0.4 is 0 Å². The average Bonchev–Trinajstić information content (AvgIpc) is 2.52. The van der Waals surface area contributed by atoms with Gasteiger partial charge in [-0.3, -0.25) is 4.68 Å². The van der Waals surface area contributed by atoms with Crippen LogP contribution in [0.2, 0.25) is 0 Å². The highest BCUT2D eigenvalue weighted by atomic mass is 32.2. The second-order valence-corrected chi connectivity index (χ2v) is 6.94. The van der Waals surface area contributed by atoms with Crippen molar-refractivity contribution in [2.45, 2.75) is 37.5 Å². The van der Waals surface area contributed by atoms with E-state index in [2.05, 4.69) is 11.2 Å². The van der Waals surface area contributed by atoms with Crippen molar-refractivity contribution in [3.05, 3.63) is 17.0 Å². The maximum atomic E-state index is 11.7. The molecule has 5 nitrogen and oxygen atoms in total. The summed E-state index contributed by atoms with van der Waals surface area (Å²) in [6, 6.07) is 2.38. The number of rotatable bonds is 1. The highest BCUT2D eigenvalue weighted by Gasteiger charge is 2.32. The lowest BCUT2D eigenvalue weighted by atomic mass is 9.93. The van der Waals surface area contributed by atoms with E-state index >= 15 is 0 Å². The van der Waals surface area contributed by atoms with Gasteiger partial charge in [0, 0.05) is 5.56 Å². The van der Waals surface area contributed by atoms with Crippen molar-refractivity contribution in [2.75, 3.05) is 5.75 Å². The topological polar surface area (TPSA) is 75.8 Å². The predicted octanol–water partition coefficient (Wildman–Crippen LogP) is 0.951. The van der Waals surface area contributed by atoms with Gasteiger partial charge in [-0.05, 0) is 25.7 Å². The Morgan fingerprint density at radius 2 is 2.18 bits per heavy atom. The van der Waals surface area contributed by atoms with Crippen molar-refractivity contribution in [1.82, 2.24) is 9.78 Å². The normalized spacial score (nSPS) is 22.5. The third kappa shape index (κ3) is 1.65. The number of hydrogen-bond acceptors (Lipinski definition) is 4. The molecule has 0 aromatic carbocycles. The first-order valence-corrected chi connectivity index (χ1v) is 7.63. The highest BCUT2D eigenvalue weighted by molar-refractivity contribution is 7.90. The summed E-state index contributed by atoms with van der Waals surface area (Å²) < 4.78 is 25.1. The van der Waals surface area contributed by atoms with Crippen LogP contribution in [0, 0.1) is 11.3 Å². The Hall–Kier alpha value is -1.35. The fraction of sp³-hybridized carbons (Fsp3) is 0.636. The standard InChI is InChI=1S/C11H13N3O2S/c12-6-10-9-4-5-17(15,16)7-11(9)14(13-10)8-2-1-3-8/h8H,1-5,7H2. The minimum Gasteiger partial charge on any atom is -0.264 e. The fourth-order valence-electron chi connectivity index (χ4n) is 2.48. The zero-order valence-corrected chi connectivity index (χ0v) is 10.2. The van der Waals surface area contributed by atoms with E-state index in [1.54, 1.807) is 4.68 Å². The summed E-state index contributed by atoms with van der Waals surface area (Å²) in [4.78, 5) is 0. The van der Waals surface area contributed by atoms with E-state index < -0.39 is 9.84 Å². The predicted molar refractivity (Wildman–Crippen MR) is 61.0 cm³/mol. The number of aromatic nitrogens is 2. The Bertz CT molecular complexity index is 605. The summed E-state index contributed by atoms with van der Waals surface area (Å²) in [6.07, 6.45) is 3.68. The molecule has 2 heterocycles. The van der Waals surface area contributed by atoms with Crippen LogP contribution >= 0.6 is 0 Å². The smallest absolute Gasteiger partial charge is 0.166 e. The van der Waals surface area contributed by atoms with Crippen LogP contribution in [0.15, 0.2) is 0 Å². The van der Waals surface area contributed by atoms with E-state index in [1.807, 2.05) is 0 Å². The van der Waals surface area contributed by atoms with E-state index in [9.17, 15) is 8.42 Å². The quantitative estimate of drug-likeness (QED) is 0.744. The number of hydrogen-bond donors (Lipinski definition) is 0. The fourth-order valence-corrected chi connectivity index (χ4v) is 3.86. The Balaban J connectivity index is 2.12. The van der Waals surface area contributed by atoms with Crippen molar-refractivity contribution < 1.29 is 8.42 Å². The third-order valence-corrected chi connectivity index (χ3v) is 5.20. The lowest BCUT2D eigenvalue weighted by Crippen LogP contribution is -2.25. The second kappa shape index (κ2) is 3.57. The van der Waals surface area contributed by atoms with E-state index in [0.717, 1.165) is 30.5 Å². The van der Waals surface area contributed by atoms with Gasteiger partial charge >= 0.3 is 0 Å². The van der Waals surface area contributed by atoms with E-state index in [-0.39, 0.29) is 11.5 Å². The molecule has 2 aliphatic rings. The molecule has 0 amide bonds. The maximum absolute atomic E-state index is 11.7. The second-order valence-electron chi connectivity index (χ2n) is 4.76. The van der Waals surface area contributed by atoms with Crippen molar-refractivity contribution in [2.24, 2.45) is 0 Å². The SMILES string of the molecule is N#Cc1nn(C2CCC2)c2c1CCS(=O)(=O)C2. The zero-order valence-electron chi connectivity index (χ0n) is 9.39. The zero-order chi connectivity index (χ0) is 12.0. The van der Waals surface area contributed by atoms with E-state index in [4.69, 9.17) is 5.26 Å². The summed E-state index contributed by atoms with van der Waals surface area (Å²) >= 11 is 0. The van der Waals surface area contributed by atoms with Gasteiger partial charge in [0.25, 0.3) is 0 Å². The van der Waals surface area contributed by atoms with Crippen LogP contribution in [0.4, 0.5) is 0 Å². The van der Waals surface area contributed by atoms with Gasteiger partial charge in [0.15, 0.2) is 15.5 Å². The first-order valence-electron chi connectivity index (χ1n) is 5.81. The minimum absolute atomic E-state index is 0.0491. The molecule has 0 N–H and O–H groups in total. The summed E-state index contributed by atoms with van der Waals surface area (Å²) in [5, 5.41) is 13.3. The van der Waals surface area contributed by atoms with Gasteiger partial charge in [-0.1, -0.05) is 0 Å². The van der Waals surface area contributed by atoms with Gasteiger partial charge in [0.1, 0.15) is 6.07 Å². The maximum Gasteiger partial charge on any atom is 0.166 e. The molecular weight excluding hydrogens is 238 g/mol. The molecule has 6 heteroatoms. The summed E-state index contributed by atoms with van der Waals surface area (Å²) in [5.41, 5.74) is 2.04. The summed E-state index contributed by atoms with van der Waals surface area (Å²) in [7, 11) is -3.00. The molecule has 0 radical (unpaired) electrons. The summed E-state index contributed by atoms with van der Waals surface area (Å²) in [6.45, 7) is 0. The molecule has 1 saturated carbocycles. The number of nitrogens with zero attached hydrogens (tertiary/aromatic N) is 3. The van der Waals surface area contributed by atoms with Crippen molar-refractivity contribution >= 4 is 9.84 Å². The molecule has 0 bridgehead atoms. The Kier molecular flexibility index (Phi) is 2.26. The third-order valence-electron chi connectivity index (χ3n) is 3.66. The molecule has 1 aliphatic carbocycles. The molecule has 3 rings (SSSR count). The first-order chi connectivity index (χ1) is 8.11. The van der Waals surface area contributed by atoms with Crippen LogP contribution in [-0.4, -0.2) is 24.0 Å². The van der Waals surface area contributed by atoms with Gasteiger partial charge in [-0.2, -0.15) is 10.4 Å². The number of fused-ring (bicyclic) bond motifs is 1. The average molecular weight is 251 g/mol. The van der Waals surface area contributed by atoms with Crippen LogP contribution in [0.1, 0.15) is 42.3 Å². The number of nitriles is 1. The molecule has 1 aromatic heterocycles. The Morgan fingerprint density at radius 3 is 2.76 bits per heavy atom. The summed E-state index contributed by atoms with van der Waals surface area (Å²) in [5.74, 6) is 0.193. The molecule has 0 saturated heterocycles. The molecule has 0 atom stereocenters. The lowest BCUT2D eigenvalue weighted by Gasteiger charge is -2.28. The molecule has 1 aromatic rings. The van der Waals surface area contributed by atoms with Gasteiger partial charge in [0.2, 0.25) is 0 Å². The van der Waals surface area contributed by atoms with Crippen LogP contribution in [0.5, 0.6) is 0 Å². The van der Waals surface area contributed by atoms with E-state index in [0.29, 0.717) is 18.2 Å². The van der Waals surface area contributed by atoms with E-state index in [1.165, 1.54) is 0 Å². The van der Waals surface area contributed by atoms with Gasteiger partial charge in [-0.25, -0.2) is 8.42 Å². The van der Waals surface area contributed by atoms with Crippen molar-refractivity contribution in [3.8, 4) is 6.07 Å². The van der Waals surface area contributed by atoms with Crippen LogP contribution in [-0.2, 0) is 22.0 Å². The molecular formula is C11H13N3O2S. The van der Waals surface area contributed by atoms with Gasteiger partial charge in [-0.15, -0.1) is 0 Å². The van der Waals surface area contributed by atoms with Crippen LogP contribution in [0.3, 0.4) is 0 Å². The molecule has 1 fully saturated rings. The minimum atomic E-state index is -3.00. The lowest BCUT2D eigenvalue weighted by molar-refractivity contribution is 0.283. The highest BCUT2D eigenvalue weighted by Crippen LogP contribution is 2.35. The van der Waals surface area contributed by atoms with Crippen LogP contribution in [0.25, 0.3) is 0 Å². The molecule has 17 heavy (non-hydrogen) atoms. The number of sulfone groups is 1. The van der Waals surface area contributed by atoms with Crippen molar-refractivity contribution in [3.63, 3.8) is 0 Å². The Morgan fingerprint density at radius 1 is 1.41 bits per heavy atom.